The standard InChI is InChI=1S/C16H16Cl2O3/c1-2-20-15-5-3-4-11(9-19)16(15)21-10-12-8-13(17)6-7-14(12)18/h3-8,19H,2,9-10H2,1H3. The van der Waals surface area contributed by atoms with Crippen LogP contribution in [0.4, 0.5) is 0 Å². The van der Waals surface area contributed by atoms with Crippen LogP contribution in [0.3, 0.4) is 0 Å². The van der Waals surface area contributed by atoms with E-state index in [0.29, 0.717) is 33.7 Å². The Bertz CT molecular complexity index is 614. The summed E-state index contributed by atoms with van der Waals surface area (Å²) in [5.41, 5.74) is 1.44. The zero-order valence-corrected chi connectivity index (χ0v) is 13.1. The summed E-state index contributed by atoms with van der Waals surface area (Å²) in [6.45, 7) is 2.53. The maximum atomic E-state index is 9.42. The van der Waals surface area contributed by atoms with E-state index in [1.165, 1.54) is 0 Å². The van der Waals surface area contributed by atoms with Crippen LogP contribution in [-0.2, 0) is 13.2 Å². The van der Waals surface area contributed by atoms with E-state index >= 15 is 0 Å². The lowest BCUT2D eigenvalue weighted by Gasteiger charge is -2.15. The van der Waals surface area contributed by atoms with Gasteiger partial charge in [0.05, 0.1) is 13.2 Å². The average molecular weight is 327 g/mol. The largest absolute Gasteiger partial charge is 0.490 e. The molecule has 2 aromatic rings. The van der Waals surface area contributed by atoms with Crippen LogP contribution in [0.15, 0.2) is 36.4 Å². The molecule has 0 saturated carbocycles. The molecule has 2 aromatic carbocycles. The molecule has 0 unspecified atom stereocenters. The molecule has 0 saturated heterocycles. The average Bonchev–Trinajstić information content (AvgIpc) is 2.49. The Kier molecular flexibility index (Phi) is 5.74. The third-order valence-corrected chi connectivity index (χ3v) is 3.51. The quantitative estimate of drug-likeness (QED) is 0.851. The number of aliphatic hydroxyl groups is 1. The van der Waals surface area contributed by atoms with Gasteiger partial charge < -0.3 is 14.6 Å². The molecule has 0 fully saturated rings. The van der Waals surface area contributed by atoms with Crippen LogP contribution in [-0.4, -0.2) is 11.7 Å². The Morgan fingerprint density at radius 2 is 1.86 bits per heavy atom. The number of halogens is 2. The molecule has 0 heterocycles. The summed E-state index contributed by atoms with van der Waals surface area (Å²) < 4.78 is 11.3. The second-order valence-electron chi connectivity index (χ2n) is 4.36. The third kappa shape index (κ3) is 4.03. The van der Waals surface area contributed by atoms with Gasteiger partial charge in [-0.2, -0.15) is 0 Å². The number of hydrogen-bond acceptors (Lipinski definition) is 3. The van der Waals surface area contributed by atoms with Crippen molar-refractivity contribution in [1.29, 1.82) is 0 Å². The normalized spacial score (nSPS) is 10.5. The molecule has 0 radical (unpaired) electrons. The van der Waals surface area contributed by atoms with E-state index in [2.05, 4.69) is 0 Å². The fourth-order valence-corrected chi connectivity index (χ4v) is 2.29. The van der Waals surface area contributed by atoms with Gasteiger partial charge in [-0.25, -0.2) is 0 Å². The van der Waals surface area contributed by atoms with Crippen molar-refractivity contribution < 1.29 is 14.6 Å². The summed E-state index contributed by atoms with van der Waals surface area (Å²) in [6.07, 6.45) is 0. The van der Waals surface area contributed by atoms with Crippen LogP contribution in [0.1, 0.15) is 18.1 Å². The van der Waals surface area contributed by atoms with Crippen LogP contribution in [0, 0.1) is 0 Å². The Morgan fingerprint density at radius 3 is 2.57 bits per heavy atom. The van der Waals surface area contributed by atoms with Gasteiger partial charge in [-0.15, -0.1) is 0 Å². The first-order valence-electron chi connectivity index (χ1n) is 6.58. The molecule has 0 aliphatic heterocycles. The summed E-state index contributed by atoms with van der Waals surface area (Å²) in [7, 11) is 0. The summed E-state index contributed by atoms with van der Waals surface area (Å²) in [5.74, 6) is 1.13. The third-order valence-electron chi connectivity index (χ3n) is 2.91. The van der Waals surface area contributed by atoms with Crippen molar-refractivity contribution in [2.45, 2.75) is 20.1 Å². The molecule has 112 valence electrons. The number of aliphatic hydroxyl groups excluding tert-OH is 1. The highest BCUT2D eigenvalue weighted by Gasteiger charge is 2.12. The van der Waals surface area contributed by atoms with Crippen molar-refractivity contribution in [3.63, 3.8) is 0 Å². The molecule has 0 aromatic heterocycles. The molecule has 0 spiro atoms. The number of para-hydroxylation sites is 1. The second-order valence-corrected chi connectivity index (χ2v) is 5.20. The van der Waals surface area contributed by atoms with Gasteiger partial charge in [0.1, 0.15) is 6.61 Å². The molecule has 0 atom stereocenters. The lowest BCUT2D eigenvalue weighted by molar-refractivity contribution is 0.243. The smallest absolute Gasteiger partial charge is 0.167 e. The lowest BCUT2D eigenvalue weighted by Crippen LogP contribution is -2.03. The Balaban J connectivity index is 2.24. The molecule has 0 aliphatic rings. The monoisotopic (exact) mass is 326 g/mol. The molecular weight excluding hydrogens is 311 g/mol. The number of hydrogen-bond donors (Lipinski definition) is 1. The van der Waals surface area contributed by atoms with Crippen molar-refractivity contribution in [2.75, 3.05) is 6.61 Å². The van der Waals surface area contributed by atoms with E-state index < -0.39 is 0 Å². The van der Waals surface area contributed by atoms with Crippen LogP contribution in [0.25, 0.3) is 0 Å². The van der Waals surface area contributed by atoms with Crippen molar-refractivity contribution in [3.8, 4) is 11.5 Å². The first kappa shape index (κ1) is 16.0. The van der Waals surface area contributed by atoms with E-state index in [1.54, 1.807) is 30.3 Å². The maximum Gasteiger partial charge on any atom is 0.167 e. The fraction of sp³-hybridized carbons (Fsp3) is 0.250. The fourth-order valence-electron chi connectivity index (χ4n) is 1.92. The van der Waals surface area contributed by atoms with E-state index in [1.807, 2.05) is 13.0 Å². The van der Waals surface area contributed by atoms with Crippen molar-refractivity contribution in [2.24, 2.45) is 0 Å². The summed E-state index contributed by atoms with van der Waals surface area (Å²) in [6, 6.07) is 10.6. The van der Waals surface area contributed by atoms with Crippen molar-refractivity contribution in [3.05, 3.63) is 57.6 Å². The highest BCUT2D eigenvalue weighted by molar-refractivity contribution is 6.33. The van der Waals surface area contributed by atoms with E-state index in [4.69, 9.17) is 32.7 Å². The highest BCUT2D eigenvalue weighted by atomic mass is 35.5. The van der Waals surface area contributed by atoms with E-state index in [0.717, 1.165) is 5.56 Å². The maximum absolute atomic E-state index is 9.42. The number of ether oxygens (including phenoxy) is 2. The zero-order chi connectivity index (χ0) is 15.2. The molecule has 0 aliphatic carbocycles. The predicted molar refractivity (Wildman–Crippen MR) is 84.3 cm³/mol. The van der Waals surface area contributed by atoms with Crippen LogP contribution >= 0.6 is 23.2 Å². The van der Waals surface area contributed by atoms with Crippen molar-refractivity contribution >= 4 is 23.2 Å². The molecule has 21 heavy (non-hydrogen) atoms. The second kappa shape index (κ2) is 7.55. The Hall–Kier alpha value is -1.42. The highest BCUT2D eigenvalue weighted by Crippen LogP contribution is 2.33. The molecular formula is C16H16Cl2O3. The molecule has 1 N–H and O–H groups in total. The SMILES string of the molecule is CCOc1cccc(CO)c1OCc1cc(Cl)ccc1Cl. The minimum absolute atomic E-state index is 0.125. The minimum Gasteiger partial charge on any atom is -0.490 e. The van der Waals surface area contributed by atoms with Gasteiger partial charge in [0, 0.05) is 21.2 Å². The van der Waals surface area contributed by atoms with Gasteiger partial charge >= 0.3 is 0 Å². The number of rotatable bonds is 6. The molecule has 5 heteroatoms. The molecule has 0 bridgehead atoms. The van der Waals surface area contributed by atoms with E-state index in [-0.39, 0.29) is 13.2 Å². The van der Waals surface area contributed by atoms with Crippen LogP contribution in [0.2, 0.25) is 10.0 Å². The van der Waals surface area contributed by atoms with Gasteiger partial charge in [0.15, 0.2) is 11.5 Å². The number of benzene rings is 2. The molecule has 2 rings (SSSR count). The predicted octanol–water partition coefficient (Wildman–Crippen LogP) is 4.46. The summed E-state index contributed by atoms with van der Waals surface area (Å²) >= 11 is 12.1. The van der Waals surface area contributed by atoms with E-state index in [9.17, 15) is 5.11 Å². The minimum atomic E-state index is -0.125. The van der Waals surface area contributed by atoms with Crippen LogP contribution < -0.4 is 9.47 Å². The lowest BCUT2D eigenvalue weighted by atomic mass is 10.2. The Morgan fingerprint density at radius 1 is 1.05 bits per heavy atom. The first-order valence-corrected chi connectivity index (χ1v) is 7.33. The zero-order valence-electron chi connectivity index (χ0n) is 11.6. The molecule has 3 nitrogen and oxygen atoms in total. The summed E-state index contributed by atoms with van der Waals surface area (Å²) in [4.78, 5) is 0. The van der Waals surface area contributed by atoms with Gasteiger partial charge in [-0.1, -0.05) is 35.3 Å². The molecule has 0 amide bonds. The Labute approximate surface area is 134 Å². The van der Waals surface area contributed by atoms with Crippen molar-refractivity contribution in [1.82, 2.24) is 0 Å². The topological polar surface area (TPSA) is 38.7 Å². The summed E-state index contributed by atoms with van der Waals surface area (Å²) in [5, 5.41) is 10.6. The van der Waals surface area contributed by atoms with Crippen LogP contribution in [0.5, 0.6) is 11.5 Å². The van der Waals surface area contributed by atoms with Gasteiger partial charge in [0.2, 0.25) is 0 Å². The van der Waals surface area contributed by atoms with Gasteiger partial charge in [0.25, 0.3) is 0 Å². The van der Waals surface area contributed by atoms with Gasteiger partial charge in [-0.3, -0.25) is 0 Å². The van der Waals surface area contributed by atoms with Gasteiger partial charge in [-0.05, 0) is 31.2 Å². The first-order chi connectivity index (χ1) is 10.2.